The molecule has 7 nitrogen and oxygen atoms in total. The Balaban J connectivity index is 1.38. The van der Waals surface area contributed by atoms with E-state index in [0.717, 1.165) is 36.1 Å². The predicted octanol–water partition coefficient (Wildman–Crippen LogP) is 4.51. The molecule has 4 aromatic rings. The van der Waals surface area contributed by atoms with Gasteiger partial charge in [0.15, 0.2) is 0 Å². The first-order valence-electron chi connectivity index (χ1n) is 10.4. The fraction of sp³-hybridized carbons (Fsp3) is 0.261. The molecule has 1 fully saturated rings. The third-order valence-electron chi connectivity index (χ3n) is 5.94. The highest BCUT2D eigenvalue weighted by Gasteiger charge is 2.33. The van der Waals surface area contributed by atoms with E-state index in [1.807, 2.05) is 47.4 Å². The number of anilines is 1. The van der Waals surface area contributed by atoms with E-state index < -0.39 is 0 Å². The maximum atomic E-state index is 13.5. The maximum absolute atomic E-state index is 13.5. The van der Waals surface area contributed by atoms with Gasteiger partial charge in [0.05, 0.1) is 23.6 Å². The number of para-hydroxylation sites is 1. The molecule has 2 unspecified atom stereocenters. The van der Waals surface area contributed by atoms with Crippen LogP contribution in [0.3, 0.4) is 0 Å². The zero-order valence-electron chi connectivity index (χ0n) is 17.1. The number of likely N-dealkylation sites (tertiary alicyclic amines) is 1. The summed E-state index contributed by atoms with van der Waals surface area (Å²) < 4.78 is 0. The summed E-state index contributed by atoms with van der Waals surface area (Å²) in [5.74, 6) is 0.930. The van der Waals surface area contributed by atoms with Crippen LogP contribution in [0.1, 0.15) is 30.1 Å². The number of aromatic nitrogens is 4. The van der Waals surface area contributed by atoms with Crippen LogP contribution in [0, 0.1) is 0 Å². The number of hydrogen-bond donors (Lipinski definition) is 2. The standard InChI is InChI=1S/C23H23ClN6O/c1-15-19(27-22-14-16-13-17(24)8-9-20(16)28-22)6-4-12-29(15)23(31)18-5-2-3-7-21(18)30-25-10-11-26-30/h2-3,5,7-11,13-15,19,27-28H,4,6,12H2,1H3. The van der Waals surface area contributed by atoms with E-state index in [9.17, 15) is 4.79 Å². The van der Waals surface area contributed by atoms with E-state index in [-0.39, 0.29) is 18.0 Å². The Bertz CT molecular complexity index is 1220. The number of H-pyrrole nitrogens is 1. The smallest absolute Gasteiger partial charge is 0.256 e. The Morgan fingerprint density at radius 2 is 1.97 bits per heavy atom. The van der Waals surface area contributed by atoms with E-state index in [1.54, 1.807) is 12.4 Å². The molecule has 158 valence electrons. The fourth-order valence-electron chi connectivity index (χ4n) is 4.33. The van der Waals surface area contributed by atoms with Crippen molar-refractivity contribution in [2.75, 3.05) is 11.9 Å². The van der Waals surface area contributed by atoms with E-state index in [1.165, 1.54) is 4.80 Å². The molecule has 2 aromatic heterocycles. The van der Waals surface area contributed by atoms with Crippen LogP contribution in [0.5, 0.6) is 0 Å². The average Bonchev–Trinajstić information content (AvgIpc) is 3.44. The van der Waals surface area contributed by atoms with Gasteiger partial charge in [-0.3, -0.25) is 4.79 Å². The van der Waals surface area contributed by atoms with Gasteiger partial charge in [0.1, 0.15) is 5.82 Å². The Hall–Kier alpha value is -3.32. The zero-order valence-corrected chi connectivity index (χ0v) is 17.9. The number of aromatic amines is 1. The Labute approximate surface area is 185 Å². The molecule has 3 heterocycles. The Morgan fingerprint density at radius 1 is 1.16 bits per heavy atom. The highest BCUT2D eigenvalue weighted by atomic mass is 35.5. The largest absolute Gasteiger partial charge is 0.367 e. The lowest BCUT2D eigenvalue weighted by Gasteiger charge is -2.40. The van der Waals surface area contributed by atoms with Crippen LogP contribution in [-0.4, -0.2) is 49.4 Å². The summed E-state index contributed by atoms with van der Waals surface area (Å²) in [5.41, 5.74) is 2.32. The van der Waals surface area contributed by atoms with E-state index in [0.29, 0.717) is 16.3 Å². The summed E-state index contributed by atoms with van der Waals surface area (Å²) in [6, 6.07) is 15.5. The number of amides is 1. The molecule has 2 atom stereocenters. The summed E-state index contributed by atoms with van der Waals surface area (Å²) in [6.07, 6.45) is 5.14. The molecule has 0 saturated carbocycles. The van der Waals surface area contributed by atoms with E-state index >= 15 is 0 Å². The van der Waals surface area contributed by atoms with Crippen LogP contribution in [0.4, 0.5) is 5.82 Å². The molecule has 5 rings (SSSR count). The van der Waals surface area contributed by atoms with Gasteiger partial charge in [-0.05, 0) is 56.2 Å². The first-order valence-corrected chi connectivity index (χ1v) is 10.8. The van der Waals surface area contributed by atoms with Gasteiger partial charge in [-0.1, -0.05) is 23.7 Å². The van der Waals surface area contributed by atoms with Gasteiger partial charge in [0.2, 0.25) is 0 Å². The number of carbonyl (C=O) groups is 1. The maximum Gasteiger partial charge on any atom is 0.256 e. The van der Waals surface area contributed by atoms with Crippen molar-refractivity contribution in [1.82, 2.24) is 24.9 Å². The number of nitrogens with zero attached hydrogens (tertiary/aromatic N) is 4. The number of benzene rings is 2. The number of hydrogen-bond acceptors (Lipinski definition) is 4. The van der Waals surface area contributed by atoms with E-state index in [4.69, 9.17) is 11.6 Å². The molecule has 31 heavy (non-hydrogen) atoms. The summed E-state index contributed by atoms with van der Waals surface area (Å²) in [6.45, 7) is 2.82. The highest BCUT2D eigenvalue weighted by Crippen LogP contribution is 2.27. The molecule has 1 saturated heterocycles. The lowest BCUT2D eigenvalue weighted by molar-refractivity contribution is 0.0616. The number of rotatable bonds is 4. The van der Waals surface area contributed by atoms with Crippen molar-refractivity contribution in [1.29, 1.82) is 0 Å². The molecule has 0 aliphatic carbocycles. The summed E-state index contributed by atoms with van der Waals surface area (Å²) in [7, 11) is 0. The van der Waals surface area contributed by atoms with Crippen molar-refractivity contribution >= 4 is 34.2 Å². The minimum atomic E-state index is -0.00433. The van der Waals surface area contributed by atoms with Crippen molar-refractivity contribution in [3.8, 4) is 5.69 Å². The van der Waals surface area contributed by atoms with Gasteiger partial charge in [0.25, 0.3) is 5.91 Å². The molecule has 1 aliphatic heterocycles. The monoisotopic (exact) mass is 434 g/mol. The second-order valence-electron chi connectivity index (χ2n) is 7.88. The average molecular weight is 435 g/mol. The first-order chi connectivity index (χ1) is 15.1. The molecule has 1 aliphatic rings. The van der Waals surface area contributed by atoms with Crippen LogP contribution in [0.2, 0.25) is 5.02 Å². The van der Waals surface area contributed by atoms with Gasteiger partial charge in [-0.2, -0.15) is 15.0 Å². The lowest BCUT2D eigenvalue weighted by Crippen LogP contribution is -2.52. The van der Waals surface area contributed by atoms with Gasteiger partial charge >= 0.3 is 0 Å². The summed E-state index contributed by atoms with van der Waals surface area (Å²) >= 11 is 6.12. The normalized spacial score (nSPS) is 19.0. The van der Waals surface area contributed by atoms with Crippen LogP contribution < -0.4 is 5.32 Å². The third kappa shape index (κ3) is 3.77. The minimum Gasteiger partial charge on any atom is -0.367 e. The second kappa shape index (κ2) is 8.07. The third-order valence-corrected chi connectivity index (χ3v) is 6.18. The van der Waals surface area contributed by atoms with Gasteiger partial charge in [-0.15, -0.1) is 0 Å². The van der Waals surface area contributed by atoms with E-state index in [2.05, 4.69) is 33.5 Å². The van der Waals surface area contributed by atoms with Gasteiger partial charge in [0, 0.05) is 34.6 Å². The fourth-order valence-corrected chi connectivity index (χ4v) is 4.51. The van der Waals surface area contributed by atoms with Crippen molar-refractivity contribution in [3.63, 3.8) is 0 Å². The molecule has 2 N–H and O–H groups in total. The molecule has 0 spiro atoms. The number of nitrogens with one attached hydrogen (secondary N) is 2. The molecular weight excluding hydrogens is 412 g/mol. The first kappa shape index (κ1) is 19.6. The number of fused-ring (bicyclic) bond motifs is 1. The minimum absolute atomic E-state index is 0.00433. The van der Waals surface area contributed by atoms with Crippen molar-refractivity contribution in [2.45, 2.75) is 31.8 Å². The summed E-state index contributed by atoms with van der Waals surface area (Å²) in [4.78, 5) is 20.4. The number of halogens is 1. The van der Waals surface area contributed by atoms with Gasteiger partial charge in [-0.25, -0.2) is 0 Å². The molecular formula is C23H23ClN6O. The zero-order chi connectivity index (χ0) is 21.4. The quantitative estimate of drug-likeness (QED) is 0.495. The Kier molecular flexibility index (Phi) is 5.11. The highest BCUT2D eigenvalue weighted by molar-refractivity contribution is 6.31. The molecule has 8 heteroatoms. The molecule has 0 radical (unpaired) electrons. The van der Waals surface area contributed by atoms with Crippen LogP contribution in [0.15, 0.2) is 60.9 Å². The van der Waals surface area contributed by atoms with Crippen molar-refractivity contribution in [3.05, 3.63) is 71.5 Å². The molecule has 0 bridgehead atoms. The predicted molar refractivity (Wildman–Crippen MR) is 122 cm³/mol. The van der Waals surface area contributed by atoms with Crippen LogP contribution >= 0.6 is 11.6 Å². The van der Waals surface area contributed by atoms with Gasteiger partial charge < -0.3 is 15.2 Å². The van der Waals surface area contributed by atoms with Crippen molar-refractivity contribution < 1.29 is 4.79 Å². The second-order valence-corrected chi connectivity index (χ2v) is 8.32. The topological polar surface area (TPSA) is 78.8 Å². The van der Waals surface area contributed by atoms with Crippen LogP contribution in [-0.2, 0) is 0 Å². The number of piperidine rings is 1. The summed E-state index contributed by atoms with van der Waals surface area (Å²) in [5, 5.41) is 13.8. The lowest BCUT2D eigenvalue weighted by atomic mass is 9.96. The number of carbonyl (C=O) groups excluding carboxylic acids is 1. The molecule has 2 aromatic carbocycles. The van der Waals surface area contributed by atoms with Crippen LogP contribution in [0.25, 0.3) is 16.6 Å². The molecule has 1 amide bonds. The van der Waals surface area contributed by atoms with Crippen molar-refractivity contribution in [2.24, 2.45) is 0 Å². The Morgan fingerprint density at radius 3 is 2.81 bits per heavy atom. The SMILES string of the molecule is CC1C(Nc2cc3cc(Cl)ccc3[nH]2)CCCN1C(=O)c1ccccc1-n1nccn1.